The summed E-state index contributed by atoms with van der Waals surface area (Å²) in [5, 5.41) is 20.7. The van der Waals surface area contributed by atoms with Crippen molar-refractivity contribution in [1.82, 2.24) is 10.8 Å². The number of aliphatic carboxylic acids is 1. The number of carbonyl (C=O) groups excluding carboxylic acids is 1. The number of hydrogen-bond acceptors (Lipinski definition) is 4. The topological polar surface area (TPSA) is 98.7 Å². The molecule has 1 unspecified atom stereocenters. The van der Waals surface area contributed by atoms with Crippen molar-refractivity contribution in [2.45, 2.75) is 45.7 Å². The summed E-state index contributed by atoms with van der Waals surface area (Å²) in [6.45, 7) is 4.37. The number of amides is 1. The molecule has 1 aromatic rings. The van der Waals surface area contributed by atoms with Crippen molar-refractivity contribution in [3.05, 3.63) is 35.4 Å². The lowest BCUT2D eigenvalue weighted by Gasteiger charge is -2.20. The third-order valence-corrected chi connectivity index (χ3v) is 3.79. The highest BCUT2D eigenvalue weighted by Gasteiger charge is 2.22. The van der Waals surface area contributed by atoms with Crippen molar-refractivity contribution < 1.29 is 19.9 Å². The van der Waals surface area contributed by atoms with Gasteiger partial charge in [0.25, 0.3) is 0 Å². The van der Waals surface area contributed by atoms with E-state index in [1.807, 2.05) is 38.1 Å². The standard InChI is InChI=1S/C16H24N2O4/c1-3-11(2)15(16(20)21)17-10-13-6-4-12(5-7-13)8-9-14(19)18-22/h4-7,11,15,17,22H,3,8-10H2,1-2H3,(H,18,19)(H,20,21)/t11?,15-/m0/s1. The fourth-order valence-electron chi connectivity index (χ4n) is 2.13. The molecule has 0 aliphatic heterocycles. The summed E-state index contributed by atoms with van der Waals surface area (Å²) in [5.74, 6) is -1.18. The van der Waals surface area contributed by atoms with Crippen LogP contribution in [0, 0.1) is 5.92 Å². The molecule has 2 atom stereocenters. The third kappa shape index (κ3) is 5.83. The molecule has 0 aromatic heterocycles. The van der Waals surface area contributed by atoms with Crippen LogP contribution in [0.4, 0.5) is 0 Å². The number of hydroxylamine groups is 1. The number of carboxylic acids is 1. The minimum absolute atomic E-state index is 0.0637. The van der Waals surface area contributed by atoms with Crippen LogP contribution < -0.4 is 10.8 Å². The average Bonchev–Trinajstić information content (AvgIpc) is 2.53. The maximum atomic E-state index is 11.2. The van der Waals surface area contributed by atoms with Crippen LogP contribution >= 0.6 is 0 Å². The monoisotopic (exact) mass is 308 g/mol. The van der Waals surface area contributed by atoms with Gasteiger partial charge in [-0.25, -0.2) is 5.48 Å². The van der Waals surface area contributed by atoms with Crippen molar-refractivity contribution in [2.75, 3.05) is 0 Å². The molecule has 122 valence electrons. The van der Waals surface area contributed by atoms with Gasteiger partial charge in [-0.2, -0.15) is 0 Å². The highest BCUT2D eigenvalue weighted by atomic mass is 16.5. The second kappa shape index (κ2) is 9.17. The summed E-state index contributed by atoms with van der Waals surface area (Å²) in [5.41, 5.74) is 3.58. The van der Waals surface area contributed by atoms with Gasteiger partial charge in [0, 0.05) is 13.0 Å². The molecule has 0 bridgehead atoms. The molecule has 1 rings (SSSR count). The molecular weight excluding hydrogens is 284 g/mol. The van der Waals surface area contributed by atoms with Gasteiger partial charge < -0.3 is 10.4 Å². The first kappa shape index (κ1) is 18.1. The molecule has 1 amide bonds. The molecule has 6 heteroatoms. The minimum Gasteiger partial charge on any atom is -0.480 e. The van der Waals surface area contributed by atoms with Crippen molar-refractivity contribution in [3.63, 3.8) is 0 Å². The molecule has 0 heterocycles. The van der Waals surface area contributed by atoms with Gasteiger partial charge in [0.2, 0.25) is 5.91 Å². The molecule has 0 saturated heterocycles. The summed E-state index contributed by atoms with van der Waals surface area (Å²) in [4.78, 5) is 22.2. The zero-order valence-electron chi connectivity index (χ0n) is 13.0. The predicted octanol–water partition coefficient (Wildman–Crippen LogP) is 1.71. The van der Waals surface area contributed by atoms with Crippen molar-refractivity contribution in [1.29, 1.82) is 0 Å². The second-order valence-electron chi connectivity index (χ2n) is 5.43. The maximum absolute atomic E-state index is 11.2. The predicted molar refractivity (Wildman–Crippen MR) is 82.4 cm³/mol. The molecule has 0 radical (unpaired) electrons. The van der Waals surface area contributed by atoms with Crippen LogP contribution in [0.5, 0.6) is 0 Å². The number of benzene rings is 1. The van der Waals surface area contributed by atoms with Crippen LogP contribution in [-0.2, 0) is 22.6 Å². The SMILES string of the molecule is CCC(C)[C@H](NCc1ccc(CCC(=O)NO)cc1)C(=O)O. The Morgan fingerprint density at radius 3 is 2.27 bits per heavy atom. The van der Waals surface area contributed by atoms with Gasteiger partial charge in [-0.05, 0) is 23.5 Å². The van der Waals surface area contributed by atoms with E-state index in [2.05, 4.69) is 5.32 Å². The van der Waals surface area contributed by atoms with Gasteiger partial charge in [0.15, 0.2) is 0 Å². The zero-order chi connectivity index (χ0) is 16.5. The largest absolute Gasteiger partial charge is 0.480 e. The normalized spacial score (nSPS) is 13.4. The molecule has 0 aliphatic rings. The lowest BCUT2D eigenvalue weighted by atomic mass is 9.99. The van der Waals surface area contributed by atoms with E-state index in [-0.39, 0.29) is 12.3 Å². The number of aryl methyl sites for hydroxylation is 1. The molecule has 22 heavy (non-hydrogen) atoms. The Morgan fingerprint density at radius 1 is 1.18 bits per heavy atom. The third-order valence-electron chi connectivity index (χ3n) is 3.79. The van der Waals surface area contributed by atoms with E-state index in [4.69, 9.17) is 5.21 Å². The lowest BCUT2D eigenvalue weighted by Crippen LogP contribution is -2.41. The average molecular weight is 308 g/mol. The van der Waals surface area contributed by atoms with E-state index in [0.29, 0.717) is 13.0 Å². The Morgan fingerprint density at radius 2 is 1.77 bits per heavy atom. The first-order chi connectivity index (χ1) is 10.5. The summed E-state index contributed by atoms with van der Waals surface area (Å²) in [7, 11) is 0. The van der Waals surface area contributed by atoms with Crippen LogP contribution in [-0.4, -0.2) is 28.2 Å². The number of hydrogen-bond donors (Lipinski definition) is 4. The highest BCUT2D eigenvalue weighted by molar-refractivity contribution is 5.74. The summed E-state index contributed by atoms with van der Waals surface area (Å²) in [6, 6.07) is 7.07. The van der Waals surface area contributed by atoms with Gasteiger partial charge in [-0.15, -0.1) is 0 Å². The Hall–Kier alpha value is -1.92. The molecule has 0 saturated carbocycles. The van der Waals surface area contributed by atoms with Gasteiger partial charge in [-0.1, -0.05) is 44.5 Å². The van der Waals surface area contributed by atoms with E-state index in [1.165, 1.54) is 0 Å². The van der Waals surface area contributed by atoms with E-state index in [1.54, 1.807) is 5.48 Å². The Bertz CT molecular complexity index is 487. The molecule has 4 N–H and O–H groups in total. The summed E-state index contributed by atoms with van der Waals surface area (Å²) < 4.78 is 0. The van der Waals surface area contributed by atoms with E-state index in [9.17, 15) is 14.7 Å². The van der Waals surface area contributed by atoms with Crippen LogP contribution in [0.3, 0.4) is 0 Å². The highest BCUT2D eigenvalue weighted by Crippen LogP contribution is 2.11. The van der Waals surface area contributed by atoms with Gasteiger partial charge in [-0.3, -0.25) is 14.8 Å². The van der Waals surface area contributed by atoms with Gasteiger partial charge in [0.1, 0.15) is 6.04 Å². The van der Waals surface area contributed by atoms with Crippen LogP contribution in [0.1, 0.15) is 37.8 Å². The van der Waals surface area contributed by atoms with Crippen molar-refractivity contribution >= 4 is 11.9 Å². The first-order valence-electron chi connectivity index (χ1n) is 7.44. The maximum Gasteiger partial charge on any atom is 0.320 e. The fraction of sp³-hybridized carbons (Fsp3) is 0.500. The summed E-state index contributed by atoms with van der Waals surface area (Å²) in [6.07, 6.45) is 1.57. The quantitative estimate of drug-likeness (QED) is 0.411. The number of carbonyl (C=O) groups is 2. The zero-order valence-corrected chi connectivity index (χ0v) is 13.0. The van der Waals surface area contributed by atoms with Gasteiger partial charge >= 0.3 is 5.97 Å². The molecule has 6 nitrogen and oxygen atoms in total. The molecule has 0 fully saturated rings. The molecule has 0 aliphatic carbocycles. The van der Waals surface area contributed by atoms with Crippen molar-refractivity contribution in [2.24, 2.45) is 5.92 Å². The van der Waals surface area contributed by atoms with Crippen LogP contribution in [0.15, 0.2) is 24.3 Å². The Kier molecular flexibility index (Phi) is 7.56. The smallest absolute Gasteiger partial charge is 0.320 e. The Labute approximate surface area is 130 Å². The van der Waals surface area contributed by atoms with Crippen LogP contribution in [0.2, 0.25) is 0 Å². The second-order valence-corrected chi connectivity index (χ2v) is 5.43. The van der Waals surface area contributed by atoms with E-state index in [0.717, 1.165) is 17.5 Å². The minimum atomic E-state index is -0.832. The van der Waals surface area contributed by atoms with E-state index >= 15 is 0 Å². The molecule has 0 spiro atoms. The fourth-order valence-corrected chi connectivity index (χ4v) is 2.13. The summed E-state index contributed by atoms with van der Waals surface area (Å²) >= 11 is 0. The number of carboxylic acid groups (broad SMARTS) is 1. The lowest BCUT2D eigenvalue weighted by molar-refractivity contribution is -0.141. The number of nitrogens with one attached hydrogen (secondary N) is 2. The molecule has 1 aromatic carbocycles. The molecular formula is C16H24N2O4. The first-order valence-corrected chi connectivity index (χ1v) is 7.44. The van der Waals surface area contributed by atoms with Gasteiger partial charge in [0.05, 0.1) is 0 Å². The number of rotatable bonds is 9. The van der Waals surface area contributed by atoms with Crippen LogP contribution in [0.25, 0.3) is 0 Å². The Balaban J connectivity index is 2.53. The van der Waals surface area contributed by atoms with Crippen molar-refractivity contribution in [3.8, 4) is 0 Å². The van der Waals surface area contributed by atoms with E-state index < -0.39 is 17.9 Å².